The first-order chi connectivity index (χ1) is 36.3. The lowest BCUT2D eigenvalue weighted by atomic mass is 9.64. The summed E-state index contributed by atoms with van der Waals surface area (Å²) in [5.74, 6) is -0.725. The minimum Gasteiger partial charge on any atom is -0.508 e. The summed E-state index contributed by atoms with van der Waals surface area (Å²) in [6.45, 7) is 10.8. The molecule has 2 aromatic heterocycles. The summed E-state index contributed by atoms with van der Waals surface area (Å²) < 4.78 is 40.5. The van der Waals surface area contributed by atoms with Gasteiger partial charge in [0, 0.05) is 106 Å². The predicted molar refractivity (Wildman–Crippen MR) is 282 cm³/mol. The maximum absolute atomic E-state index is 17.2. The van der Waals surface area contributed by atoms with Crippen molar-refractivity contribution in [2.75, 3.05) is 81.9 Å². The summed E-state index contributed by atoms with van der Waals surface area (Å²) in [5.41, 5.74) is 3.40. The highest BCUT2D eigenvalue weighted by molar-refractivity contribution is 6.06. The van der Waals surface area contributed by atoms with E-state index in [-0.39, 0.29) is 52.0 Å². The largest absolute Gasteiger partial charge is 0.508 e. The maximum Gasteiger partial charge on any atom is 0.319 e. The summed E-state index contributed by atoms with van der Waals surface area (Å²) in [6.07, 6.45) is 12.4. The van der Waals surface area contributed by atoms with Crippen LogP contribution in [0.15, 0.2) is 54.7 Å². The number of carbonyl (C=O) groups is 3. The number of rotatable bonds is 12. The van der Waals surface area contributed by atoms with E-state index in [0.717, 1.165) is 144 Å². The number of nitrogens with zero attached hydrogens (tertiary/aromatic N) is 8. The van der Waals surface area contributed by atoms with E-state index in [2.05, 4.69) is 43.2 Å². The molecule has 6 aliphatic heterocycles. The first-order valence-electron chi connectivity index (χ1n) is 27.7. The first-order valence-corrected chi connectivity index (χ1v) is 27.7. The summed E-state index contributed by atoms with van der Waals surface area (Å²) in [4.78, 5) is 63.1. The lowest BCUT2D eigenvalue weighted by Gasteiger charge is -2.49. The van der Waals surface area contributed by atoms with Crippen molar-refractivity contribution in [3.8, 4) is 23.0 Å². The van der Waals surface area contributed by atoms with Crippen molar-refractivity contribution in [2.24, 2.45) is 10.8 Å². The second-order valence-corrected chi connectivity index (χ2v) is 23.6. The number of phenolic OH excluding ortho intramolecular Hbond substituents is 1. The average molecular weight is 1020 g/mol. The van der Waals surface area contributed by atoms with E-state index in [9.17, 15) is 19.5 Å². The number of piperidine rings is 2. The molecule has 8 aliphatic rings. The number of ether oxygens (including phenoxy) is 1. The summed E-state index contributed by atoms with van der Waals surface area (Å²) in [7, 11) is 0. The van der Waals surface area contributed by atoms with Gasteiger partial charge in [0.2, 0.25) is 11.8 Å². The highest BCUT2D eigenvalue weighted by Gasteiger charge is 2.49. The minimum absolute atomic E-state index is 0.0285. The zero-order valence-electron chi connectivity index (χ0n) is 43.0. The van der Waals surface area contributed by atoms with Crippen LogP contribution in [0.5, 0.6) is 11.8 Å². The smallest absolute Gasteiger partial charge is 0.319 e. The number of aryl methyl sites for hydroxylation is 1. The molecule has 5 aromatic rings. The normalized spacial score (nSPS) is 25.3. The average Bonchev–Trinajstić information content (AvgIpc) is 4.00. The fourth-order valence-corrected chi connectivity index (χ4v) is 14.1. The quantitative estimate of drug-likeness (QED) is 0.107. The van der Waals surface area contributed by atoms with Crippen LogP contribution in [0.3, 0.4) is 0 Å². The molecule has 8 heterocycles. The fraction of sp³-hybridized carbons (Fsp3) is 0.552. The Hall–Kier alpha value is -6.04. The molecule has 15 nitrogen and oxygen atoms in total. The number of phenols is 1. The van der Waals surface area contributed by atoms with Crippen LogP contribution in [-0.2, 0) is 22.6 Å². The summed E-state index contributed by atoms with van der Waals surface area (Å²) >= 11 is 0. The number of alkyl halides is 1. The van der Waals surface area contributed by atoms with E-state index in [0.29, 0.717) is 73.4 Å². The Morgan fingerprint density at radius 3 is 2.31 bits per heavy atom. The number of carbonyl (C=O) groups excluding carboxylic acids is 3. The number of hydrogen-bond acceptors (Lipinski definition) is 13. The Kier molecular flexibility index (Phi) is 12.2. The van der Waals surface area contributed by atoms with Gasteiger partial charge in [-0.05, 0) is 148 Å². The third-order valence-corrected chi connectivity index (χ3v) is 18.7. The molecule has 0 radical (unpaired) electrons. The number of amides is 3. The van der Waals surface area contributed by atoms with E-state index in [1.54, 1.807) is 23.2 Å². The molecule has 5 saturated heterocycles. The van der Waals surface area contributed by atoms with Crippen LogP contribution >= 0.6 is 0 Å². The summed E-state index contributed by atoms with van der Waals surface area (Å²) in [6, 6.07) is 15.4. The van der Waals surface area contributed by atoms with Crippen LogP contribution in [-0.4, -0.2) is 148 Å². The third-order valence-electron chi connectivity index (χ3n) is 18.7. The molecule has 2 aliphatic carbocycles. The van der Waals surface area contributed by atoms with Gasteiger partial charge in [-0.15, -0.1) is 0 Å². The Morgan fingerprint density at radius 1 is 0.813 bits per heavy atom. The van der Waals surface area contributed by atoms with Crippen LogP contribution in [0.25, 0.3) is 32.9 Å². The van der Waals surface area contributed by atoms with E-state index in [1.165, 1.54) is 0 Å². The molecular formula is C58H68F2N10O5. The number of hydrogen-bond donors (Lipinski definition) is 3. The molecule has 2 unspecified atom stereocenters. The van der Waals surface area contributed by atoms with Crippen LogP contribution in [0, 0.1) is 16.6 Å². The molecule has 3 atom stereocenters. The molecule has 3 aromatic carbocycles. The molecule has 2 saturated carbocycles. The number of imide groups is 1. The van der Waals surface area contributed by atoms with Gasteiger partial charge < -0.3 is 34.8 Å². The van der Waals surface area contributed by atoms with Gasteiger partial charge in [0.25, 0.3) is 5.91 Å². The standard InChI is InChI=1S/C58H68F2N10O5/c1-2-36-4-3-5-37-27-42(71)28-44(48(36)37)50-49(59)51-45(29-61-50)52(69-31-39-6-7-40(32-69)62-39)65-55(64-51)75-35-57(12-13-57)33-66-20-18-56(19-21-66)14-16-58(60,17-15-56)34-67-22-24-68(25-23-67)41-8-9-43-38(26-41)30-70(54(43)74)46-10-11-47(72)63-53(46)73/h3-5,8-9,26-29,39-40,46,62,71H,2,6-7,10-25,30-35H2,1H3,(H,63,72,73)/t39?,40?,46-/m0/s1. The first kappa shape index (κ1) is 48.6. The zero-order chi connectivity index (χ0) is 51.2. The molecule has 7 fully saturated rings. The number of piperazine rings is 2. The Bertz CT molecular complexity index is 3080. The number of fused-ring (bicyclic) bond motifs is 5. The fourth-order valence-electron chi connectivity index (χ4n) is 14.1. The van der Waals surface area contributed by atoms with Gasteiger partial charge in [0.15, 0.2) is 5.82 Å². The molecule has 394 valence electrons. The van der Waals surface area contributed by atoms with E-state index in [4.69, 9.17) is 19.7 Å². The Labute approximate surface area is 436 Å². The van der Waals surface area contributed by atoms with Gasteiger partial charge in [-0.25, -0.2) is 8.78 Å². The van der Waals surface area contributed by atoms with Crippen molar-refractivity contribution in [3.05, 3.63) is 77.2 Å². The minimum atomic E-state index is -1.19. The van der Waals surface area contributed by atoms with E-state index in [1.807, 2.05) is 30.3 Å². The van der Waals surface area contributed by atoms with Gasteiger partial charge in [-0.1, -0.05) is 25.1 Å². The number of aromatic nitrogens is 3. The van der Waals surface area contributed by atoms with Crippen molar-refractivity contribution in [2.45, 2.75) is 121 Å². The number of likely N-dealkylation sites (tertiary alicyclic amines) is 1. The second-order valence-electron chi connectivity index (χ2n) is 23.6. The number of halogens is 2. The topological polar surface area (TPSA) is 160 Å². The SMILES string of the molecule is CCc1cccc2cc(O)cc(-c3ncc4c(N5CC6CCC(C5)N6)nc(OCC5(CN6CCC7(CC6)CCC(F)(CN6CCN(c8ccc9c(c8)CN([C@H]8CCC(=O)NC8=O)C9=O)CC6)CC7)CC5)nc4c3F)c12. The predicted octanol–water partition coefficient (Wildman–Crippen LogP) is 7.30. The molecular weight excluding hydrogens is 955 g/mol. The molecule has 2 bridgehead atoms. The van der Waals surface area contributed by atoms with Crippen LogP contribution in [0.1, 0.15) is 105 Å². The molecule has 13 rings (SSSR count). The van der Waals surface area contributed by atoms with Crippen LogP contribution in [0.2, 0.25) is 0 Å². The molecule has 17 heteroatoms. The van der Waals surface area contributed by atoms with Gasteiger partial charge in [-0.2, -0.15) is 9.97 Å². The monoisotopic (exact) mass is 1020 g/mol. The maximum atomic E-state index is 17.2. The van der Waals surface area contributed by atoms with Crippen molar-refractivity contribution in [1.82, 2.24) is 40.3 Å². The van der Waals surface area contributed by atoms with E-state index < -0.39 is 23.4 Å². The van der Waals surface area contributed by atoms with Gasteiger partial charge in [-0.3, -0.25) is 29.6 Å². The number of nitrogens with one attached hydrogen (secondary N) is 2. The Morgan fingerprint density at radius 2 is 1.57 bits per heavy atom. The Balaban J connectivity index is 0.623. The summed E-state index contributed by atoms with van der Waals surface area (Å²) in [5, 5.41) is 19.1. The number of benzene rings is 3. The van der Waals surface area contributed by atoms with E-state index >= 15 is 8.78 Å². The van der Waals surface area contributed by atoms with Crippen molar-refractivity contribution in [1.29, 1.82) is 0 Å². The number of aromatic hydroxyl groups is 1. The van der Waals surface area contributed by atoms with Crippen molar-refractivity contribution >= 4 is 50.9 Å². The number of anilines is 2. The zero-order valence-corrected chi connectivity index (χ0v) is 43.0. The lowest BCUT2D eigenvalue weighted by molar-refractivity contribution is -0.136. The molecule has 75 heavy (non-hydrogen) atoms. The van der Waals surface area contributed by atoms with Crippen LogP contribution in [0.4, 0.5) is 20.3 Å². The van der Waals surface area contributed by atoms with Gasteiger partial charge >= 0.3 is 6.01 Å². The van der Waals surface area contributed by atoms with Gasteiger partial charge in [0.05, 0.1) is 12.0 Å². The molecule has 1 spiro atoms. The van der Waals surface area contributed by atoms with Crippen LogP contribution < -0.4 is 25.2 Å². The molecule has 3 N–H and O–H groups in total. The van der Waals surface area contributed by atoms with Gasteiger partial charge in [0.1, 0.15) is 34.5 Å². The molecule has 3 amide bonds. The van der Waals surface area contributed by atoms with Crippen molar-refractivity contribution in [3.63, 3.8) is 0 Å². The van der Waals surface area contributed by atoms with Crippen molar-refractivity contribution < 1.29 is 33.0 Å². The number of pyridine rings is 1. The highest BCUT2D eigenvalue weighted by Crippen LogP contribution is 2.52. The lowest BCUT2D eigenvalue weighted by Crippen LogP contribution is -2.53. The third kappa shape index (κ3) is 9.23. The highest BCUT2D eigenvalue weighted by atomic mass is 19.1. The second kappa shape index (κ2) is 18.9.